The maximum Gasteiger partial charge on any atom is 0.335 e. The average Bonchev–Trinajstić information content (AvgIpc) is 2.41. The van der Waals surface area contributed by atoms with Crippen molar-refractivity contribution in [1.82, 2.24) is 0 Å². The highest BCUT2D eigenvalue weighted by Gasteiger charge is 2.08. The van der Waals surface area contributed by atoms with Gasteiger partial charge in [0.05, 0.1) is 10.0 Å². The lowest BCUT2D eigenvalue weighted by Gasteiger charge is -2.09. The third-order valence-corrected chi connectivity index (χ3v) is 3.18. The van der Waals surface area contributed by atoms with Crippen LogP contribution in [0.1, 0.15) is 15.9 Å². The Labute approximate surface area is 121 Å². The summed E-state index contributed by atoms with van der Waals surface area (Å²) in [5.41, 5.74) is 0.593. The molecule has 0 saturated carbocycles. The molecular weight excluding hydrogens is 334 g/mol. The lowest BCUT2D eigenvalue weighted by atomic mass is 10.2. The summed E-state index contributed by atoms with van der Waals surface area (Å²) in [5, 5.41) is 8.83. The number of carboxylic acids is 1. The molecule has 0 spiro atoms. The fourth-order valence-electron chi connectivity index (χ4n) is 1.54. The van der Waals surface area contributed by atoms with Crippen molar-refractivity contribution in [1.29, 1.82) is 0 Å². The molecule has 0 aromatic heterocycles. The molecule has 2 aromatic rings. The van der Waals surface area contributed by atoms with E-state index in [2.05, 4.69) is 15.9 Å². The molecule has 0 radical (unpaired) electrons. The van der Waals surface area contributed by atoms with E-state index in [1.54, 1.807) is 0 Å². The Balaban J connectivity index is 2.10. The second-order valence-electron chi connectivity index (χ2n) is 3.99. The zero-order chi connectivity index (χ0) is 14.7. The van der Waals surface area contributed by atoms with Gasteiger partial charge in [-0.1, -0.05) is 6.07 Å². The Morgan fingerprint density at radius 2 is 1.90 bits per heavy atom. The summed E-state index contributed by atoms with van der Waals surface area (Å²) in [4.78, 5) is 10.8. The van der Waals surface area contributed by atoms with Gasteiger partial charge in [-0.15, -0.1) is 0 Å². The quantitative estimate of drug-likeness (QED) is 0.913. The molecule has 0 amide bonds. The minimum absolute atomic E-state index is 0.0439. The van der Waals surface area contributed by atoms with E-state index in [0.29, 0.717) is 15.8 Å². The van der Waals surface area contributed by atoms with Crippen LogP contribution in [-0.2, 0) is 6.61 Å². The lowest BCUT2D eigenvalue weighted by Crippen LogP contribution is -2.00. The number of hydrogen-bond acceptors (Lipinski definition) is 2. The first kappa shape index (κ1) is 14.5. The zero-order valence-electron chi connectivity index (χ0n) is 10.1. The molecule has 0 heterocycles. The van der Waals surface area contributed by atoms with Crippen LogP contribution in [0.15, 0.2) is 40.9 Å². The predicted octanol–water partition coefficient (Wildman–Crippen LogP) is 4.00. The zero-order valence-corrected chi connectivity index (χ0v) is 11.7. The van der Waals surface area contributed by atoms with E-state index in [4.69, 9.17) is 9.84 Å². The number of rotatable bonds is 4. The van der Waals surface area contributed by atoms with Crippen LogP contribution in [0, 0.1) is 11.6 Å². The SMILES string of the molecule is O=C(O)c1ccc(OCc2ccc(F)c(F)c2)c(Br)c1. The normalized spacial score (nSPS) is 10.3. The van der Waals surface area contributed by atoms with Crippen molar-refractivity contribution >= 4 is 21.9 Å². The smallest absolute Gasteiger partial charge is 0.335 e. The first-order valence-electron chi connectivity index (χ1n) is 5.57. The molecular formula is C14H9BrF2O3. The van der Waals surface area contributed by atoms with Crippen LogP contribution in [0.25, 0.3) is 0 Å². The van der Waals surface area contributed by atoms with Gasteiger partial charge in [0.1, 0.15) is 12.4 Å². The molecule has 0 saturated heterocycles. The molecule has 3 nitrogen and oxygen atoms in total. The summed E-state index contributed by atoms with van der Waals surface area (Å²) in [6.07, 6.45) is 0. The largest absolute Gasteiger partial charge is 0.488 e. The van der Waals surface area contributed by atoms with E-state index >= 15 is 0 Å². The second-order valence-corrected chi connectivity index (χ2v) is 4.84. The van der Waals surface area contributed by atoms with Gasteiger partial charge in [0.15, 0.2) is 11.6 Å². The van der Waals surface area contributed by atoms with Crippen molar-refractivity contribution in [2.75, 3.05) is 0 Å². The van der Waals surface area contributed by atoms with Gasteiger partial charge in [-0.25, -0.2) is 13.6 Å². The molecule has 0 aliphatic rings. The number of benzene rings is 2. The summed E-state index contributed by atoms with van der Waals surface area (Å²) in [6.45, 7) is 0.0439. The van der Waals surface area contributed by atoms with Gasteiger partial charge in [-0.05, 0) is 51.8 Å². The third-order valence-electron chi connectivity index (χ3n) is 2.56. The van der Waals surface area contributed by atoms with E-state index in [-0.39, 0.29) is 12.2 Å². The molecule has 0 atom stereocenters. The van der Waals surface area contributed by atoms with Gasteiger partial charge in [0.2, 0.25) is 0 Å². The molecule has 6 heteroatoms. The van der Waals surface area contributed by atoms with Crippen LogP contribution < -0.4 is 4.74 Å². The topological polar surface area (TPSA) is 46.5 Å². The number of ether oxygens (including phenoxy) is 1. The molecule has 2 aromatic carbocycles. The van der Waals surface area contributed by atoms with Gasteiger partial charge < -0.3 is 9.84 Å². The van der Waals surface area contributed by atoms with E-state index in [1.807, 2.05) is 0 Å². The highest BCUT2D eigenvalue weighted by atomic mass is 79.9. The third kappa shape index (κ3) is 3.33. The number of halogens is 3. The van der Waals surface area contributed by atoms with Crippen molar-refractivity contribution in [3.63, 3.8) is 0 Å². The standard InChI is InChI=1S/C14H9BrF2O3/c15-10-6-9(14(18)19)2-4-13(10)20-7-8-1-3-11(16)12(17)5-8/h1-6H,7H2,(H,18,19). The highest BCUT2D eigenvalue weighted by molar-refractivity contribution is 9.10. The molecule has 0 fully saturated rings. The van der Waals surface area contributed by atoms with Crippen LogP contribution in [0.5, 0.6) is 5.75 Å². The minimum atomic E-state index is -1.04. The van der Waals surface area contributed by atoms with Crippen LogP contribution in [0.3, 0.4) is 0 Å². The fraction of sp³-hybridized carbons (Fsp3) is 0.0714. The van der Waals surface area contributed by atoms with Gasteiger partial charge in [-0.2, -0.15) is 0 Å². The number of carboxylic acid groups (broad SMARTS) is 1. The maximum atomic E-state index is 13.0. The van der Waals surface area contributed by atoms with E-state index < -0.39 is 17.6 Å². The molecule has 20 heavy (non-hydrogen) atoms. The second kappa shape index (κ2) is 6.00. The number of carbonyl (C=O) groups is 1. The van der Waals surface area contributed by atoms with Crippen molar-refractivity contribution < 1.29 is 23.4 Å². The van der Waals surface area contributed by atoms with Crippen molar-refractivity contribution in [2.24, 2.45) is 0 Å². The van der Waals surface area contributed by atoms with Crippen LogP contribution in [0.4, 0.5) is 8.78 Å². The molecule has 104 valence electrons. The minimum Gasteiger partial charge on any atom is -0.488 e. The lowest BCUT2D eigenvalue weighted by molar-refractivity contribution is 0.0696. The molecule has 0 aliphatic carbocycles. The van der Waals surface area contributed by atoms with Gasteiger partial charge in [-0.3, -0.25) is 0 Å². The van der Waals surface area contributed by atoms with Crippen LogP contribution >= 0.6 is 15.9 Å². The Bertz CT molecular complexity index is 659. The van der Waals surface area contributed by atoms with Gasteiger partial charge in [0, 0.05) is 0 Å². The van der Waals surface area contributed by atoms with Gasteiger partial charge >= 0.3 is 5.97 Å². The molecule has 0 aliphatic heterocycles. The monoisotopic (exact) mass is 342 g/mol. The Morgan fingerprint density at radius 1 is 1.15 bits per heavy atom. The maximum absolute atomic E-state index is 13.0. The van der Waals surface area contributed by atoms with Crippen molar-refractivity contribution in [3.05, 3.63) is 63.6 Å². The van der Waals surface area contributed by atoms with Gasteiger partial charge in [0.25, 0.3) is 0 Å². The van der Waals surface area contributed by atoms with E-state index in [0.717, 1.165) is 12.1 Å². The van der Waals surface area contributed by atoms with E-state index in [9.17, 15) is 13.6 Å². The summed E-state index contributed by atoms with van der Waals surface area (Å²) in [7, 11) is 0. The highest BCUT2D eigenvalue weighted by Crippen LogP contribution is 2.27. The summed E-state index contributed by atoms with van der Waals surface area (Å²) < 4.78 is 31.7. The Morgan fingerprint density at radius 3 is 2.50 bits per heavy atom. The molecule has 2 rings (SSSR count). The number of hydrogen-bond donors (Lipinski definition) is 1. The molecule has 0 bridgehead atoms. The van der Waals surface area contributed by atoms with Crippen LogP contribution in [-0.4, -0.2) is 11.1 Å². The molecule has 1 N–H and O–H groups in total. The summed E-state index contributed by atoms with van der Waals surface area (Å²) in [5.74, 6) is -2.48. The van der Waals surface area contributed by atoms with Crippen LogP contribution in [0.2, 0.25) is 0 Å². The van der Waals surface area contributed by atoms with Crippen molar-refractivity contribution in [2.45, 2.75) is 6.61 Å². The average molecular weight is 343 g/mol. The molecule has 0 unspecified atom stereocenters. The summed E-state index contributed by atoms with van der Waals surface area (Å²) in [6, 6.07) is 7.79. The predicted molar refractivity (Wildman–Crippen MR) is 71.8 cm³/mol. The Hall–Kier alpha value is -1.95. The van der Waals surface area contributed by atoms with Crippen molar-refractivity contribution in [3.8, 4) is 5.75 Å². The van der Waals surface area contributed by atoms with E-state index in [1.165, 1.54) is 24.3 Å². The Kier molecular flexibility index (Phi) is 4.34. The summed E-state index contributed by atoms with van der Waals surface area (Å²) >= 11 is 3.19. The fourth-order valence-corrected chi connectivity index (χ4v) is 2.03. The number of aromatic carboxylic acids is 1. The first-order valence-corrected chi connectivity index (χ1v) is 6.36. The first-order chi connectivity index (χ1) is 9.47.